The van der Waals surface area contributed by atoms with E-state index in [4.69, 9.17) is 0 Å². The number of hydrogen-bond donors (Lipinski definition) is 1. The van der Waals surface area contributed by atoms with Crippen LogP contribution in [-0.2, 0) is 21.9 Å². The Balaban J connectivity index is 2.40. The van der Waals surface area contributed by atoms with Crippen LogP contribution in [0.25, 0.3) is 0 Å². The third-order valence-electron chi connectivity index (χ3n) is 2.80. The van der Waals surface area contributed by atoms with Crippen LogP contribution in [0, 0.1) is 0 Å². The number of imide groups is 1. The van der Waals surface area contributed by atoms with Crippen molar-refractivity contribution in [3.8, 4) is 0 Å². The molecule has 1 aromatic heterocycles. The van der Waals surface area contributed by atoms with Crippen molar-refractivity contribution >= 4 is 17.6 Å². The second-order valence-corrected chi connectivity index (χ2v) is 4.51. The summed E-state index contributed by atoms with van der Waals surface area (Å²) in [7, 11) is 0. The number of halogens is 6. The fourth-order valence-electron chi connectivity index (χ4n) is 1.77. The molecule has 2 amide bonds. The lowest BCUT2D eigenvalue weighted by molar-refractivity contribution is -0.164. The number of nitrogens with one attached hydrogen (secondary N) is 1. The quantitative estimate of drug-likeness (QED) is 0.665. The summed E-state index contributed by atoms with van der Waals surface area (Å²) in [6, 6.07) is 0.760. The van der Waals surface area contributed by atoms with Crippen LogP contribution in [0.3, 0.4) is 0 Å². The molecule has 0 saturated heterocycles. The van der Waals surface area contributed by atoms with Crippen molar-refractivity contribution in [3.05, 3.63) is 35.0 Å². The Bertz CT molecular complexity index is 708. The topological polar surface area (TPSA) is 62.3 Å². The molecule has 1 N–H and O–H groups in total. The van der Waals surface area contributed by atoms with Crippen LogP contribution in [0.1, 0.15) is 18.2 Å². The standard InChI is InChI=1S/C12H7F6N3O2/c1-5-4-8(22)21(10(5)23)20-7-3-2-6(11(13,14)15)9(19-7)12(16,17)18/h2-4H,1H3,(H,19,20). The maximum atomic E-state index is 12.7. The van der Waals surface area contributed by atoms with Crippen molar-refractivity contribution in [3.63, 3.8) is 0 Å². The number of anilines is 1. The highest BCUT2D eigenvalue weighted by Crippen LogP contribution is 2.39. The molecule has 0 radical (unpaired) electrons. The van der Waals surface area contributed by atoms with Gasteiger partial charge in [-0.1, -0.05) is 0 Å². The van der Waals surface area contributed by atoms with Gasteiger partial charge < -0.3 is 0 Å². The maximum absolute atomic E-state index is 12.7. The molecule has 0 bridgehead atoms. The van der Waals surface area contributed by atoms with Crippen LogP contribution in [-0.4, -0.2) is 21.8 Å². The summed E-state index contributed by atoms with van der Waals surface area (Å²) < 4.78 is 76.0. The van der Waals surface area contributed by atoms with E-state index in [1.54, 1.807) is 0 Å². The zero-order valence-corrected chi connectivity index (χ0v) is 11.2. The Morgan fingerprint density at radius 3 is 2.09 bits per heavy atom. The van der Waals surface area contributed by atoms with Crippen LogP contribution in [0.2, 0.25) is 0 Å². The summed E-state index contributed by atoms with van der Waals surface area (Å²) in [4.78, 5) is 25.9. The monoisotopic (exact) mass is 339 g/mol. The fraction of sp³-hybridized carbons (Fsp3) is 0.250. The number of hydrogen-bond acceptors (Lipinski definition) is 4. The minimum atomic E-state index is -5.37. The minimum absolute atomic E-state index is 0.0189. The molecule has 2 rings (SSSR count). The van der Waals surface area contributed by atoms with Gasteiger partial charge in [0.05, 0.1) is 5.56 Å². The molecule has 1 aromatic rings. The van der Waals surface area contributed by atoms with Crippen molar-refractivity contribution in [2.24, 2.45) is 0 Å². The largest absolute Gasteiger partial charge is 0.434 e. The Hall–Kier alpha value is -2.59. The summed E-state index contributed by atoms with van der Waals surface area (Å²) in [5.74, 6) is -2.44. The number of aromatic nitrogens is 1. The molecule has 1 aliphatic rings. The number of hydrazine groups is 1. The van der Waals surface area contributed by atoms with Crippen LogP contribution in [0.4, 0.5) is 32.2 Å². The van der Waals surface area contributed by atoms with Gasteiger partial charge in [0.2, 0.25) is 0 Å². The molecule has 0 fully saturated rings. The molecule has 124 valence electrons. The molecule has 5 nitrogen and oxygen atoms in total. The Labute approximate surface area is 124 Å². The average molecular weight is 339 g/mol. The van der Waals surface area contributed by atoms with E-state index in [-0.39, 0.29) is 11.6 Å². The molecular weight excluding hydrogens is 332 g/mol. The highest BCUT2D eigenvalue weighted by atomic mass is 19.4. The molecule has 23 heavy (non-hydrogen) atoms. The first-order valence-corrected chi connectivity index (χ1v) is 5.90. The highest BCUT2D eigenvalue weighted by molar-refractivity contribution is 6.16. The van der Waals surface area contributed by atoms with E-state index in [1.807, 2.05) is 5.43 Å². The van der Waals surface area contributed by atoms with Crippen molar-refractivity contribution in [1.29, 1.82) is 0 Å². The van der Waals surface area contributed by atoms with Crippen LogP contribution in [0.15, 0.2) is 23.8 Å². The first-order valence-electron chi connectivity index (χ1n) is 5.90. The van der Waals surface area contributed by atoms with Crippen LogP contribution in [0.5, 0.6) is 0 Å². The van der Waals surface area contributed by atoms with E-state index in [1.165, 1.54) is 6.92 Å². The second-order valence-electron chi connectivity index (χ2n) is 4.51. The predicted molar refractivity (Wildman–Crippen MR) is 63.5 cm³/mol. The molecule has 0 saturated carbocycles. The number of rotatable bonds is 2. The van der Waals surface area contributed by atoms with Crippen molar-refractivity contribution in [2.75, 3.05) is 5.43 Å². The van der Waals surface area contributed by atoms with E-state index in [0.29, 0.717) is 11.1 Å². The predicted octanol–water partition coefficient (Wildman–Crippen LogP) is 2.76. The third kappa shape index (κ3) is 3.27. The summed E-state index contributed by atoms with van der Waals surface area (Å²) in [6.07, 6.45) is -9.70. The van der Waals surface area contributed by atoms with Gasteiger partial charge in [0.15, 0.2) is 5.69 Å². The number of carbonyl (C=O) groups is 2. The molecule has 2 heterocycles. The number of amides is 2. The first-order chi connectivity index (χ1) is 10.4. The molecule has 0 spiro atoms. The molecule has 11 heteroatoms. The number of nitrogens with zero attached hydrogens (tertiary/aromatic N) is 2. The first kappa shape index (κ1) is 16.8. The van der Waals surface area contributed by atoms with Crippen LogP contribution < -0.4 is 5.43 Å². The Morgan fingerprint density at radius 2 is 1.65 bits per heavy atom. The van der Waals surface area contributed by atoms with E-state index in [0.717, 1.165) is 6.08 Å². The van der Waals surface area contributed by atoms with Gasteiger partial charge in [0.25, 0.3) is 11.8 Å². The molecular formula is C12H7F6N3O2. The maximum Gasteiger partial charge on any atom is 0.434 e. The van der Waals surface area contributed by atoms with Crippen molar-refractivity contribution < 1.29 is 35.9 Å². The van der Waals surface area contributed by atoms with Gasteiger partial charge in [0, 0.05) is 11.6 Å². The van der Waals surface area contributed by atoms with E-state index in [9.17, 15) is 35.9 Å². The van der Waals surface area contributed by atoms with Crippen molar-refractivity contribution in [1.82, 2.24) is 9.99 Å². The summed E-state index contributed by atoms with van der Waals surface area (Å²) >= 11 is 0. The molecule has 1 aliphatic heterocycles. The van der Waals surface area contributed by atoms with Gasteiger partial charge in [-0.2, -0.15) is 31.4 Å². The lowest BCUT2D eigenvalue weighted by atomic mass is 10.1. The van der Waals surface area contributed by atoms with E-state index in [2.05, 4.69) is 4.98 Å². The van der Waals surface area contributed by atoms with Gasteiger partial charge in [-0.15, -0.1) is 0 Å². The number of pyridine rings is 1. The number of alkyl halides is 6. The molecule has 0 unspecified atom stereocenters. The summed E-state index contributed by atoms with van der Waals surface area (Å²) in [5, 5.41) is 0.352. The van der Waals surface area contributed by atoms with Gasteiger partial charge in [-0.25, -0.2) is 4.98 Å². The molecule has 0 aromatic carbocycles. The number of carbonyl (C=O) groups excluding carboxylic acids is 2. The van der Waals surface area contributed by atoms with Crippen molar-refractivity contribution in [2.45, 2.75) is 19.3 Å². The van der Waals surface area contributed by atoms with Crippen LogP contribution >= 0.6 is 0 Å². The van der Waals surface area contributed by atoms with Gasteiger partial charge >= 0.3 is 12.4 Å². The normalized spacial score (nSPS) is 16.0. The van der Waals surface area contributed by atoms with Gasteiger partial charge in [-0.3, -0.25) is 15.0 Å². The zero-order valence-electron chi connectivity index (χ0n) is 11.2. The summed E-state index contributed by atoms with van der Waals surface area (Å²) in [6.45, 7) is 1.29. The minimum Gasteiger partial charge on any atom is -0.271 e. The zero-order chi connectivity index (χ0) is 17.6. The molecule has 0 atom stereocenters. The Kier molecular flexibility index (Phi) is 3.83. The fourth-order valence-corrected chi connectivity index (χ4v) is 1.77. The van der Waals surface area contributed by atoms with Gasteiger partial charge in [-0.05, 0) is 19.1 Å². The Morgan fingerprint density at radius 1 is 1.04 bits per heavy atom. The second kappa shape index (κ2) is 5.25. The molecule has 0 aliphatic carbocycles. The summed E-state index contributed by atoms with van der Waals surface area (Å²) in [5.41, 5.74) is -2.15. The lowest BCUT2D eigenvalue weighted by Gasteiger charge is -2.19. The average Bonchev–Trinajstić information content (AvgIpc) is 2.63. The third-order valence-corrected chi connectivity index (χ3v) is 2.80. The lowest BCUT2D eigenvalue weighted by Crippen LogP contribution is -2.37. The highest BCUT2D eigenvalue weighted by Gasteiger charge is 2.45. The van der Waals surface area contributed by atoms with E-state index < -0.39 is 41.2 Å². The van der Waals surface area contributed by atoms with E-state index >= 15 is 0 Å². The van der Waals surface area contributed by atoms with Gasteiger partial charge in [0.1, 0.15) is 5.82 Å². The smallest absolute Gasteiger partial charge is 0.271 e. The SMILES string of the molecule is CC1=CC(=O)N(Nc2ccc(C(F)(F)F)c(C(F)(F)F)n2)C1=O.